The summed E-state index contributed by atoms with van der Waals surface area (Å²) in [6.45, 7) is 1.42. The van der Waals surface area contributed by atoms with E-state index in [2.05, 4.69) is 30.3 Å². The summed E-state index contributed by atoms with van der Waals surface area (Å²) >= 11 is 0. The van der Waals surface area contributed by atoms with Crippen LogP contribution >= 0.6 is 0 Å². The molecule has 0 bridgehead atoms. The van der Waals surface area contributed by atoms with Gasteiger partial charge in [-0.1, -0.05) is 25.0 Å². The highest BCUT2D eigenvalue weighted by Gasteiger charge is 2.35. The number of nitrogens with one attached hydrogen (secondary N) is 3. The smallest absolute Gasteiger partial charge is 0.367 e. The highest BCUT2D eigenvalue weighted by molar-refractivity contribution is 7.92. The van der Waals surface area contributed by atoms with Gasteiger partial charge in [-0.05, 0) is 61.1 Å². The molecule has 2 aromatic heterocycles. The summed E-state index contributed by atoms with van der Waals surface area (Å²) < 4.78 is 64.4. The Morgan fingerprint density at radius 1 is 0.927 bits per heavy atom. The second kappa shape index (κ2) is 12.2. The van der Waals surface area contributed by atoms with Gasteiger partial charge in [-0.3, -0.25) is 4.72 Å². The third-order valence-corrected chi connectivity index (χ3v) is 8.09. The van der Waals surface area contributed by atoms with Crippen LogP contribution in [0.25, 0.3) is 11.1 Å². The summed E-state index contributed by atoms with van der Waals surface area (Å²) in [5.41, 5.74) is 2.88. The van der Waals surface area contributed by atoms with E-state index in [4.69, 9.17) is 0 Å². The number of piperidine rings is 1. The number of nitrogens with zero attached hydrogens (tertiary/aromatic N) is 4. The molecule has 1 aliphatic heterocycles. The largest absolute Gasteiger partial charge is 0.451 e. The van der Waals surface area contributed by atoms with Gasteiger partial charge in [-0.2, -0.15) is 13.2 Å². The highest BCUT2D eigenvalue weighted by atomic mass is 32.2. The monoisotopic (exact) mass is 589 g/mol. The van der Waals surface area contributed by atoms with Crippen molar-refractivity contribution >= 4 is 27.2 Å². The van der Waals surface area contributed by atoms with Gasteiger partial charge in [-0.25, -0.2) is 23.4 Å². The minimum atomic E-state index is -4.55. The zero-order valence-corrected chi connectivity index (χ0v) is 23.5. The topological polar surface area (TPSA) is 112 Å². The molecule has 41 heavy (non-hydrogen) atoms. The number of rotatable bonds is 8. The Balaban J connectivity index is 1.24. The van der Waals surface area contributed by atoms with Crippen LogP contribution in [-0.2, 0) is 16.2 Å². The fourth-order valence-corrected chi connectivity index (χ4v) is 6.19. The Morgan fingerprint density at radius 2 is 1.66 bits per heavy atom. The van der Waals surface area contributed by atoms with E-state index in [1.54, 1.807) is 18.3 Å². The number of alkyl halides is 3. The van der Waals surface area contributed by atoms with Gasteiger partial charge in [0, 0.05) is 43.1 Å². The van der Waals surface area contributed by atoms with E-state index in [1.807, 2.05) is 29.2 Å². The Bertz CT molecular complexity index is 1440. The van der Waals surface area contributed by atoms with Crippen molar-refractivity contribution in [2.75, 3.05) is 34.3 Å². The number of anilines is 3. The van der Waals surface area contributed by atoms with E-state index < -0.39 is 22.0 Å². The van der Waals surface area contributed by atoms with Crippen molar-refractivity contribution in [1.82, 2.24) is 20.3 Å². The molecule has 3 aromatic rings. The SMILES string of the molecule is CS(=O)(=O)Nc1cccc(-c2ccnc(N[C@@H]3CCCC[C@H]3N[C@H]3CCCN(c4cnc(C(F)(F)F)nc4)C3)c2)c1. The lowest BCUT2D eigenvalue weighted by Gasteiger charge is -2.40. The van der Waals surface area contributed by atoms with Gasteiger partial charge in [0.15, 0.2) is 0 Å². The van der Waals surface area contributed by atoms with Crippen LogP contribution in [0.2, 0.25) is 0 Å². The average Bonchev–Trinajstić information content (AvgIpc) is 2.93. The predicted octanol–water partition coefficient (Wildman–Crippen LogP) is 4.91. The zero-order valence-electron chi connectivity index (χ0n) is 22.7. The fourth-order valence-electron chi connectivity index (χ4n) is 5.64. The molecular weight excluding hydrogens is 555 g/mol. The van der Waals surface area contributed by atoms with Crippen molar-refractivity contribution in [1.29, 1.82) is 0 Å². The maximum Gasteiger partial charge on any atom is 0.451 e. The van der Waals surface area contributed by atoms with Gasteiger partial charge in [0.25, 0.3) is 0 Å². The van der Waals surface area contributed by atoms with Crippen molar-refractivity contribution in [3.05, 3.63) is 60.8 Å². The van der Waals surface area contributed by atoms with E-state index in [0.717, 1.165) is 68.3 Å². The lowest BCUT2D eigenvalue weighted by molar-refractivity contribution is -0.145. The van der Waals surface area contributed by atoms with Crippen LogP contribution < -0.4 is 20.3 Å². The van der Waals surface area contributed by atoms with Crippen molar-refractivity contribution in [3.63, 3.8) is 0 Å². The Kier molecular flexibility index (Phi) is 8.64. The van der Waals surface area contributed by atoms with Crippen LogP contribution in [0.4, 0.5) is 30.4 Å². The minimum absolute atomic E-state index is 0.162. The first-order valence-corrected chi connectivity index (χ1v) is 15.6. The number of sulfonamides is 1. The molecule has 0 radical (unpaired) electrons. The van der Waals surface area contributed by atoms with E-state index >= 15 is 0 Å². The first kappa shape index (κ1) is 29.1. The Labute approximate surface area is 238 Å². The number of pyridine rings is 1. The number of halogens is 3. The summed E-state index contributed by atoms with van der Waals surface area (Å²) in [5.74, 6) is -0.380. The van der Waals surface area contributed by atoms with Crippen molar-refractivity contribution < 1.29 is 21.6 Å². The van der Waals surface area contributed by atoms with Gasteiger partial charge < -0.3 is 15.5 Å². The number of benzene rings is 1. The molecule has 5 rings (SSSR count). The van der Waals surface area contributed by atoms with Crippen LogP contribution in [0.15, 0.2) is 55.0 Å². The van der Waals surface area contributed by atoms with E-state index in [9.17, 15) is 21.6 Å². The summed E-state index contributed by atoms with van der Waals surface area (Å²) in [6.07, 6.45) is 6.94. The molecule has 2 aliphatic rings. The van der Waals surface area contributed by atoms with Crippen molar-refractivity contribution in [3.8, 4) is 11.1 Å². The van der Waals surface area contributed by atoms with Crippen LogP contribution in [0.3, 0.4) is 0 Å². The van der Waals surface area contributed by atoms with E-state index in [1.165, 1.54) is 12.4 Å². The zero-order chi connectivity index (χ0) is 29.0. The molecule has 0 unspecified atom stereocenters. The maximum absolute atomic E-state index is 12.9. The van der Waals surface area contributed by atoms with Gasteiger partial charge in [-0.15, -0.1) is 0 Å². The molecule has 0 spiro atoms. The van der Waals surface area contributed by atoms with Crippen LogP contribution in [0.5, 0.6) is 0 Å². The lowest BCUT2D eigenvalue weighted by atomic mass is 9.89. The molecule has 1 saturated carbocycles. The maximum atomic E-state index is 12.9. The second-order valence-corrected chi connectivity index (χ2v) is 12.5. The molecule has 3 N–H and O–H groups in total. The molecule has 9 nitrogen and oxygen atoms in total. The van der Waals surface area contributed by atoms with Crippen molar-refractivity contribution in [2.45, 2.75) is 62.8 Å². The molecule has 0 amide bonds. The van der Waals surface area contributed by atoms with Crippen LogP contribution in [-0.4, -0.2) is 60.8 Å². The second-order valence-electron chi connectivity index (χ2n) is 10.7. The number of aromatic nitrogens is 3. The van der Waals surface area contributed by atoms with Gasteiger partial charge in [0.05, 0.1) is 24.3 Å². The van der Waals surface area contributed by atoms with Crippen molar-refractivity contribution in [2.24, 2.45) is 0 Å². The van der Waals surface area contributed by atoms with Gasteiger partial charge in [0.2, 0.25) is 15.8 Å². The molecule has 3 atom stereocenters. The third-order valence-electron chi connectivity index (χ3n) is 7.49. The first-order chi connectivity index (χ1) is 19.5. The molecule has 3 heterocycles. The summed E-state index contributed by atoms with van der Waals surface area (Å²) in [6, 6.07) is 11.7. The standard InChI is InChI=1S/C28H34F3N7O2S/c1-41(39,40)37-21-7-4-6-19(14-21)20-11-12-32-26(15-20)36-25-10-3-2-9-24(25)35-22-8-5-13-38(18-22)23-16-33-27(34-17-23)28(29,30)31/h4,6-7,11-12,14-17,22,24-25,35,37H,2-3,5,8-10,13,18H2,1H3,(H,32,36)/t22-,24+,25+/m0/s1. The van der Waals surface area contributed by atoms with E-state index in [-0.39, 0.29) is 18.1 Å². The first-order valence-electron chi connectivity index (χ1n) is 13.7. The fraction of sp³-hybridized carbons (Fsp3) is 0.464. The number of hydrogen-bond acceptors (Lipinski definition) is 8. The minimum Gasteiger partial charge on any atom is -0.367 e. The normalized spacial score (nSPS) is 21.9. The molecule has 1 aliphatic carbocycles. The average molecular weight is 590 g/mol. The highest BCUT2D eigenvalue weighted by Crippen LogP contribution is 2.29. The van der Waals surface area contributed by atoms with Gasteiger partial charge in [0.1, 0.15) is 5.82 Å². The lowest BCUT2D eigenvalue weighted by Crippen LogP contribution is -2.55. The van der Waals surface area contributed by atoms with E-state index in [0.29, 0.717) is 17.9 Å². The molecule has 1 aromatic carbocycles. The third kappa shape index (κ3) is 7.85. The Morgan fingerprint density at radius 3 is 2.39 bits per heavy atom. The van der Waals surface area contributed by atoms with Crippen LogP contribution in [0, 0.1) is 0 Å². The molecule has 13 heteroatoms. The van der Waals surface area contributed by atoms with Crippen LogP contribution in [0.1, 0.15) is 44.3 Å². The predicted molar refractivity (Wildman–Crippen MR) is 153 cm³/mol. The summed E-state index contributed by atoms with van der Waals surface area (Å²) in [7, 11) is -3.38. The molecule has 1 saturated heterocycles. The quantitative estimate of drug-likeness (QED) is 0.340. The number of hydrogen-bond donors (Lipinski definition) is 3. The molecular formula is C28H34F3N7O2S. The molecule has 2 fully saturated rings. The summed E-state index contributed by atoms with van der Waals surface area (Å²) in [5, 5.41) is 7.44. The Hall–Kier alpha value is -3.45. The molecule has 220 valence electrons. The van der Waals surface area contributed by atoms with Gasteiger partial charge >= 0.3 is 6.18 Å². The summed E-state index contributed by atoms with van der Waals surface area (Å²) in [4.78, 5) is 13.6.